The monoisotopic (exact) mass is 167 g/mol. The second-order valence-corrected chi connectivity index (χ2v) is 1.88. The normalized spacial score (nSPS) is 11.4. The maximum absolute atomic E-state index is 9.99. The molecule has 0 aromatic rings. The van der Waals surface area contributed by atoms with Gasteiger partial charge in [-0.15, -0.1) is 0 Å². The van der Waals surface area contributed by atoms with Crippen LogP contribution in [-0.4, -0.2) is 28.2 Å². The van der Waals surface area contributed by atoms with Crippen molar-refractivity contribution in [1.29, 1.82) is 0 Å². The number of nitrogens with two attached hydrogens (primary N) is 1. The second kappa shape index (κ2) is 5.60. The van der Waals surface area contributed by atoms with Gasteiger partial charge in [-0.3, -0.25) is 14.3 Å². The zero-order valence-electron chi connectivity index (χ0n) is 5.69. The number of carbonyl (C=O) groups is 2. The van der Waals surface area contributed by atoms with Gasteiger partial charge in [0.2, 0.25) is 0 Å². The first-order valence-electron chi connectivity index (χ1n) is 2.74. The molecule has 0 radical (unpaired) electrons. The van der Waals surface area contributed by atoms with Crippen LogP contribution in [-0.2, 0) is 9.59 Å². The molecule has 0 aliphatic heterocycles. The Hall–Kier alpha value is -1.17. The lowest BCUT2D eigenvalue weighted by atomic mass is 10.2. The summed E-state index contributed by atoms with van der Waals surface area (Å²) in [4.78, 5) is 19.9. The fourth-order valence-electron chi connectivity index (χ4n) is 0.402. The predicted octanol–water partition coefficient (Wildman–Crippen LogP) is -0.584. The molecule has 0 saturated carbocycles. The van der Waals surface area contributed by atoms with Crippen LogP contribution in [0.15, 0.2) is 0 Å². The molecule has 5 nitrogen and oxygen atoms in total. The van der Waals surface area contributed by atoms with Gasteiger partial charge >= 0.3 is 11.9 Å². The molecule has 0 aromatic carbocycles. The van der Waals surface area contributed by atoms with Gasteiger partial charge in [0, 0.05) is 6.42 Å². The summed E-state index contributed by atoms with van der Waals surface area (Å²) < 4.78 is 0. The molecule has 0 amide bonds. The minimum Gasteiger partial charge on any atom is -0.481 e. The largest absolute Gasteiger partial charge is 0.481 e. The van der Waals surface area contributed by atoms with Gasteiger partial charge in [0.1, 0.15) is 6.04 Å². The summed E-state index contributed by atoms with van der Waals surface area (Å²) >= 11 is 0. The average molecular weight is 167 g/mol. The molecule has 66 valence electrons. The van der Waals surface area contributed by atoms with Crippen LogP contribution in [0.2, 0.25) is 0 Å². The van der Waals surface area contributed by atoms with Crippen molar-refractivity contribution < 1.29 is 24.5 Å². The van der Waals surface area contributed by atoms with E-state index < -0.39 is 18.0 Å². The minimum atomic E-state index is -1.17. The maximum Gasteiger partial charge on any atom is 0.320 e. The molecule has 1 atom stereocenters. The number of rotatable bonds is 4. The lowest BCUT2D eigenvalue weighted by Gasteiger charge is -2.01. The number of carboxylic acids is 2. The Morgan fingerprint density at radius 3 is 2.09 bits per heavy atom. The lowest BCUT2D eigenvalue weighted by Crippen LogP contribution is -2.30. The van der Waals surface area contributed by atoms with Crippen molar-refractivity contribution in [3.8, 4) is 0 Å². The first kappa shape index (κ1) is 12.5. The van der Waals surface area contributed by atoms with Crippen LogP contribution in [0.3, 0.4) is 0 Å². The Bertz CT molecular complexity index is 149. The van der Waals surface area contributed by atoms with E-state index in [4.69, 9.17) is 15.9 Å². The molecular weight excluding hydrogens is 157 g/mol. The van der Waals surface area contributed by atoms with Crippen molar-refractivity contribution in [2.45, 2.75) is 18.9 Å². The molecule has 4 N–H and O–H groups in total. The van der Waals surface area contributed by atoms with Gasteiger partial charge in [-0.2, -0.15) is 0 Å². The van der Waals surface area contributed by atoms with E-state index >= 15 is 0 Å². The van der Waals surface area contributed by atoms with Crippen molar-refractivity contribution in [3.63, 3.8) is 0 Å². The molecular formula is C5H10FNO4. The quantitative estimate of drug-likeness (QED) is 0.519. The Morgan fingerprint density at radius 2 is 1.82 bits per heavy atom. The number of carboxylic acid groups (broad SMARTS) is 2. The van der Waals surface area contributed by atoms with Gasteiger partial charge in [0.25, 0.3) is 0 Å². The Kier molecular flexibility index (Phi) is 6.37. The zero-order chi connectivity index (χ0) is 8.15. The molecule has 0 aliphatic carbocycles. The third-order valence-electron chi connectivity index (χ3n) is 0.986. The van der Waals surface area contributed by atoms with E-state index in [0.29, 0.717) is 0 Å². The topological polar surface area (TPSA) is 101 Å². The molecule has 0 saturated heterocycles. The number of hydrogen-bond acceptors (Lipinski definition) is 3. The first-order valence-corrected chi connectivity index (χ1v) is 2.74. The van der Waals surface area contributed by atoms with Gasteiger partial charge in [-0.25, -0.2) is 0 Å². The van der Waals surface area contributed by atoms with Crippen molar-refractivity contribution in [2.24, 2.45) is 5.73 Å². The van der Waals surface area contributed by atoms with E-state index in [-0.39, 0.29) is 17.5 Å². The van der Waals surface area contributed by atoms with E-state index in [9.17, 15) is 9.59 Å². The van der Waals surface area contributed by atoms with E-state index in [1.54, 1.807) is 0 Å². The lowest BCUT2D eigenvalue weighted by molar-refractivity contribution is -0.139. The Morgan fingerprint density at radius 1 is 1.36 bits per heavy atom. The molecule has 6 heteroatoms. The molecule has 0 aromatic heterocycles. The molecule has 0 spiro atoms. The van der Waals surface area contributed by atoms with Crippen molar-refractivity contribution in [1.82, 2.24) is 0 Å². The van der Waals surface area contributed by atoms with Crippen LogP contribution in [0.5, 0.6) is 0 Å². The summed E-state index contributed by atoms with van der Waals surface area (Å²) in [6.45, 7) is 0. The summed E-state index contributed by atoms with van der Waals surface area (Å²) in [5.41, 5.74) is 5.00. The SMILES string of the molecule is F.N[C@@H](CCC(=O)O)C(=O)O. The van der Waals surface area contributed by atoms with Crippen molar-refractivity contribution in [2.75, 3.05) is 0 Å². The van der Waals surface area contributed by atoms with E-state index in [2.05, 4.69) is 0 Å². The summed E-state index contributed by atoms with van der Waals surface area (Å²) in [7, 11) is 0. The molecule has 11 heavy (non-hydrogen) atoms. The highest BCUT2D eigenvalue weighted by Gasteiger charge is 2.12. The van der Waals surface area contributed by atoms with E-state index in [1.165, 1.54) is 0 Å². The third-order valence-corrected chi connectivity index (χ3v) is 0.986. The highest BCUT2D eigenvalue weighted by atomic mass is 19.0. The van der Waals surface area contributed by atoms with Crippen LogP contribution in [0.25, 0.3) is 0 Å². The third kappa shape index (κ3) is 6.72. The first-order chi connectivity index (χ1) is 4.54. The second-order valence-electron chi connectivity index (χ2n) is 1.88. The standard InChI is InChI=1S/C5H9NO4.FH/c6-3(5(9)10)1-2-4(7)8;/h3H,1-2,6H2,(H,7,8)(H,9,10);1H/t3-;/m0./s1. The summed E-state index contributed by atoms with van der Waals surface area (Å²) in [5, 5.41) is 16.3. The fraction of sp³-hybridized carbons (Fsp3) is 0.600. The maximum atomic E-state index is 9.99. The van der Waals surface area contributed by atoms with Gasteiger partial charge in [0.15, 0.2) is 0 Å². The van der Waals surface area contributed by atoms with Gasteiger partial charge < -0.3 is 15.9 Å². The van der Waals surface area contributed by atoms with Crippen LogP contribution >= 0.6 is 0 Å². The van der Waals surface area contributed by atoms with Crippen molar-refractivity contribution in [3.05, 3.63) is 0 Å². The van der Waals surface area contributed by atoms with Gasteiger partial charge in [0.05, 0.1) is 0 Å². The van der Waals surface area contributed by atoms with Crippen LogP contribution < -0.4 is 5.73 Å². The Balaban J connectivity index is 0. The highest BCUT2D eigenvalue weighted by molar-refractivity contribution is 5.74. The van der Waals surface area contributed by atoms with E-state index in [0.717, 1.165) is 0 Å². The summed E-state index contributed by atoms with van der Waals surface area (Å²) in [6.07, 6.45) is -0.224. The van der Waals surface area contributed by atoms with E-state index in [1.807, 2.05) is 0 Å². The van der Waals surface area contributed by atoms with Crippen LogP contribution in [0.1, 0.15) is 12.8 Å². The van der Waals surface area contributed by atoms with Crippen LogP contribution in [0, 0.1) is 0 Å². The molecule has 0 bridgehead atoms. The zero-order valence-corrected chi connectivity index (χ0v) is 5.69. The highest BCUT2D eigenvalue weighted by Crippen LogP contribution is 1.93. The number of hydrogen-bond donors (Lipinski definition) is 3. The Labute approximate surface area is 62.2 Å². The number of halogens is 1. The molecule has 0 aliphatic rings. The van der Waals surface area contributed by atoms with Crippen molar-refractivity contribution >= 4 is 11.9 Å². The summed E-state index contributed by atoms with van der Waals surface area (Å²) in [6, 6.07) is -1.06. The molecule has 0 fully saturated rings. The summed E-state index contributed by atoms with van der Waals surface area (Å²) in [5.74, 6) is -2.20. The van der Waals surface area contributed by atoms with Gasteiger partial charge in [-0.05, 0) is 6.42 Å². The smallest absolute Gasteiger partial charge is 0.320 e. The predicted molar refractivity (Wildman–Crippen MR) is 35.0 cm³/mol. The minimum absolute atomic E-state index is 0. The fourth-order valence-corrected chi connectivity index (χ4v) is 0.402. The molecule has 0 heterocycles. The molecule has 0 rings (SSSR count). The molecule has 0 unspecified atom stereocenters. The van der Waals surface area contributed by atoms with Gasteiger partial charge in [-0.1, -0.05) is 0 Å². The average Bonchev–Trinajstić information content (AvgIpc) is 1.82. The number of aliphatic carboxylic acids is 2. The van der Waals surface area contributed by atoms with Crippen LogP contribution in [0.4, 0.5) is 4.70 Å².